The summed E-state index contributed by atoms with van der Waals surface area (Å²) in [4.78, 5) is 11.7. The fourth-order valence-corrected chi connectivity index (χ4v) is 4.09. The second-order valence-electron chi connectivity index (χ2n) is 8.74. The minimum Gasteiger partial charge on any atom is -0.508 e. The van der Waals surface area contributed by atoms with Gasteiger partial charge in [-0.2, -0.15) is 0 Å². The first kappa shape index (κ1) is 27.4. The summed E-state index contributed by atoms with van der Waals surface area (Å²) in [5, 5.41) is 15.2. The minimum atomic E-state index is 0.281. The number of halogens is 2. The molecule has 0 aliphatic rings. The van der Waals surface area contributed by atoms with Gasteiger partial charge in [0.05, 0.1) is 5.69 Å². The van der Waals surface area contributed by atoms with E-state index >= 15 is 0 Å². The first-order valence-electron chi connectivity index (χ1n) is 12.5. The van der Waals surface area contributed by atoms with E-state index in [4.69, 9.17) is 33.2 Å². The van der Waals surface area contributed by atoms with Crippen LogP contribution in [0.2, 0.25) is 10.0 Å². The van der Waals surface area contributed by atoms with Gasteiger partial charge < -0.3 is 10.4 Å². The lowest BCUT2D eigenvalue weighted by atomic mass is 10.1. The van der Waals surface area contributed by atoms with E-state index in [0.717, 1.165) is 41.2 Å². The highest BCUT2D eigenvalue weighted by molar-refractivity contribution is 6.30. The molecule has 0 aliphatic heterocycles. The van der Waals surface area contributed by atoms with Crippen LogP contribution in [0.4, 0.5) is 11.5 Å². The van der Waals surface area contributed by atoms with Crippen molar-refractivity contribution in [2.75, 3.05) is 18.4 Å². The standard InChI is InChI=1S/C31H30Cl2N4O/c1-3-37(4-2)21-24-19-27(16-17-29(24)38)35-31-20-28(15-9-22-5-11-25(32)12-6-22)34-30(36-31)18-10-23-7-13-26(33)14-8-23/h5-20,38H,3-4,21H2,1-2H3,(H,34,35,36)/b15-9+,18-10+. The molecule has 0 spiro atoms. The van der Waals surface area contributed by atoms with Gasteiger partial charge in [0.2, 0.25) is 0 Å². The van der Waals surface area contributed by atoms with E-state index in [0.29, 0.717) is 28.2 Å². The lowest BCUT2D eigenvalue weighted by Gasteiger charge is -2.19. The predicted molar refractivity (Wildman–Crippen MR) is 161 cm³/mol. The molecule has 1 aromatic heterocycles. The smallest absolute Gasteiger partial charge is 0.154 e. The average Bonchev–Trinajstić information content (AvgIpc) is 2.92. The van der Waals surface area contributed by atoms with Crippen LogP contribution in [0.25, 0.3) is 24.3 Å². The molecule has 0 radical (unpaired) electrons. The van der Waals surface area contributed by atoms with Gasteiger partial charge >= 0.3 is 0 Å². The zero-order chi connectivity index (χ0) is 26.9. The van der Waals surface area contributed by atoms with E-state index in [1.807, 2.05) is 91.0 Å². The Hall–Kier alpha value is -3.64. The van der Waals surface area contributed by atoms with Gasteiger partial charge in [-0.25, -0.2) is 9.97 Å². The summed E-state index contributed by atoms with van der Waals surface area (Å²) >= 11 is 12.0. The number of nitrogens with zero attached hydrogens (tertiary/aromatic N) is 3. The number of benzene rings is 3. The molecule has 0 saturated carbocycles. The number of aromatic nitrogens is 2. The molecule has 3 aromatic carbocycles. The highest BCUT2D eigenvalue weighted by Crippen LogP contribution is 2.26. The Morgan fingerprint density at radius 2 is 1.37 bits per heavy atom. The van der Waals surface area contributed by atoms with Crippen LogP contribution in [0.1, 0.15) is 42.1 Å². The van der Waals surface area contributed by atoms with Crippen LogP contribution < -0.4 is 5.32 Å². The average molecular weight is 546 g/mol. The maximum atomic E-state index is 10.4. The SMILES string of the molecule is CCN(CC)Cc1cc(Nc2cc(/C=C/c3ccc(Cl)cc3)nc(/C=C/c3ccc(Cl)cc3)n2)ccc1O. The fraction of sp³-hybridized carbons (Fsp3) is 0.161. The number of hydrogen-bond donors (Lipinski definition) is 2. The normalized spacial score (nSPS) is 11.6. The second-order valence-corrected chi connectivity index (χ2v) is 9.61. The molecule has 0 fully saturated rings. The zero-order valence-electron chi connectivity index (χ0n) is 21.4. The van der Waals surface area contributed by atoms with Crippen LogP contribution in [0.15, 0.2) is 72.8 Å². The number of nitrogens with one attached hydrogen (secondary N) is 1. The maximum Gasteiger partial charge on any atom is 0.154 e. The van der Waals surface area contributed by atoms with E-state index in [1.165, 1.54) is 0 Å². The van der Waals surface area contributed by atoms with Crippen molar-refractivity contribution >= 4 is 59.0 Å². The molecule has 0 unspecified atom stereocenters. The Kier molecular flexibility index (Phi) is 9.55. The Balaban J connectivity index is 1.64. The highest BCUT2D eigenvalue weighted by atomic mass is 35.5. The zero-order valence-corrected chi connectivity index (χ0v) is 22.9. The summed E-state index contributed by atoms with van der Waals surface area (Å²) in [6.45, 7) is 6.71. The lowest BCUT2D eigenvalue weighted by molar-refractivity contribution is 0.291. The van der Waals surface area contributed by atoms with Crippen molar-refractivity contribution in [1.82, 2.24) is 14.9 Å². The van der Waals surface area contributed by atoms with Crippen LogP contribution in [0.3, 0.4) is 0 Å². The molecule has 0 atom stereocenters. The van der Waals surface area contributed by atoms with Crippen LogP contribution in [0.5, 0.6) is 5.75 Å². The first-order chi connectivity index (χ1) is 18.4. The maximum absolute atomic E-state index is 10.4. The predicted octanol–water partition coefficient (Wildman–Crippen LogP) is 8.42. The van der Waals surface area contributed by atoms with E-state index in [1.54, 1.807) is 6.07 Å². The Labute approximate surface area is 234 Å². The topological polar surface area (TPSA) is 61.3 Å². The molecule has 4 rings (SSSR count). The molecular formula is C31H30Cl2N4O. The van der Waals surface area contributed by atoms with Gasteiger partial charge in [-0.1, -0.05) is 73.5 Å². The van der Waals surface area contributed by atoms with Crippen LogP contribution in [0, 0.1) is 0 Å². The monoisotopic (exact) mass is 544 g/mol. The lowest BCUT2D eigenvalue weighted by Crippen LogP contribution is -2.22. The van der Waals surface area contributed by atoms with Crippen molar-refractivity contribution in [2.24, 2.45) is 0 Å². The van der Waals surface area contributed by atoms with Crippen molar-refractivity contribution < 1.29 is 5.11 Å². The van der Waals surface area contributed by atoms with Crippen molar-refractivity contribution in [3.8, 4) is 5.75 Å². The molecule has 2 N–H and O–H groups in total. The van der Waals surface area contributed by atoms with Gasteiger partial charge in [0.1, 0.15) is 11.6 Å². The summed E-state index contributed by atoms with van der Waals surface area (Å²) in [5.74, 6) is 1.48. The number of phenolic OH excluding ortho intramolecular Hbond substituents is 1. The third kappa shape index (κ3) is 7.93. The number of hydrogen-bond acceptors (Lipinski definition) is 5. The van der Waals surface area contributed by atoms with E-state index < -0.39 is 0 Å². The van der Waals surface area contributed by atoms with Gasteiger partial charge in [0.25, 0.3) is 0 Å². The molecule has 0 amide bonds. The number of phenols is 1. The number of rotatable bonds is 10. The van der Waals surface area contributed by atoms with Gasteiger partial charge in [0, 0.05) is 33.9 Å². The van der Waals surface area contributed by atoms with Gasteiger partial charge in [-0.05, 0) is 78.8 Å². The first-order valence-corrected chi connectivity index (χ1v) is 13.2. The Bertz CT molecular complexity index is 1340. The van der Waals surface area contributed by atoms with Gasteiger partial charge in [-0.15, -0.1) is 0 Å². The van der Waals surface area contributed by atoms with E-state index in [9.17, 15) is 5.11 Å². The van der Waals surface area contributed by atoms with Crippen molar-refractivity contribution in [3.05, 3.63) is 111 Å². The van der Waals surface area contributed by atoms with Crippen molar-refractivity contribution in [3.63, 3.8) is 0 Å². The Morgan fingerprint density at radius 1 is 0.763 bits per heavy atom. The molecule has 5 nitrogen and oxygen atoms in total. The molecule has 1 heterocycles. The third-order valence-electron chi connectivity index (χ3n) is 6.01. The van der Waals surface area contributed by atoms with Gasteiger partial charge in [-0.3, -0.25) is 4.90 Å². The molecule has 0 aliphatic carbocycles. The molecule has 0 bridgehead atoms. The van der Waals surface area contributed by atoms with Crippen molar-refractivity contribution in [1.29, 1.82) is 0 Å². The second kappa shape index (κ2) is 13.2. The molecule has 194 valence electrons. The largest absolute Gasteiger partial charge is 0.508 e. The molecular weight excluding hydrogens is 515 g/mol. The molecule has 0 saturated heterocycles. The molecule has 4 aromatic rings. The summed E-state index contributed by atoms with van der Waals surface area (Å²) in [7, 11) is 0. The minimum absolute atomic E-state index is 0.281. The summed E-state index contributed by atoms with van der Waals surface area (Å²) in [6.07, 6.45) is 7.75. The van der Waals surface area contributed by atoms with Crippen LogP contribution in [-0.2, 0) is 6.54 Å². The third-order valence-corrected chi connectivity index (χ3v) is 6.52. The van der Waals surface area contributed by atoms with E-state index in [2.05, 4.69) is 24.1 Å². The van der Waals surface area contributed by atoms with Gasteiger partial charge in [0.15, 0.2) is 5.82 Å². The van der Waals surface area contributed by atoms with E-state index in [-0.39, 0.29) is 5.75 Å². The Morgan fingerprint density at radius 3 is 1.97 bits per heavy atom. The highest BCUT2D eigenvalue weighted by Gasteiger charge is 2.09. The summed E-state index contributed by atoms with van der Waals surface area (Å²) in [5.41, 5.74) is 4.45. The quantitative estimate of drug-likeness (QED) is 0.196. The molecule has 7 heteroatoms. The summed E-state index contributed by atoms with van der Waals surface area (Å²) < 4.78 is 0. The summed E-state index contributed by atoms with van der Waals surface area (Å²) in [6, 6.07) is 22.6. The molecule has 38 heavy (non-hydrogen) atoms. The number of anilines is 2. The van der Waals surface area contributed by atoms with Crippen LogP contribution >= 0.6 is 23.2 Å². The van der Waals surface area contributed by atoms with Crippen molar-refractivity contribution in [2.45, 2.75) is 20.4 Å². The van der Waals surface area contributed by atoms with Crippen LogP contribution in [-0.4, -0.2) is 33.1 Å². The number of aromatic hydroxyl groups is 1. The fourth-order valence-electron chi connectivity index (χ4n) is 3.84.